The van der Waals surface area contributed by atoms with Gasteiger partial charge in [0.15, 0.2) is 0 Å². The van der Waals surface area contributed by atoms with E-state index in [2.05, 4.69) is 5.32 Å². The summed E-state index contributed by atoms with van der Waals surface area (Å²) in [4.78, 5) is 23.5. The maximum absolute atomic E-state index is 11.0. The highest BCUT2D eigenvalue weighted by atomic mass is 16.4. The Hall–Kier alpha value is -1.10. The van der Waals surface area contributed by atoms with Crippen LogP contribution >= 0.6 is 0 Å². The first-order valence-electron chi connectivity index (χ1n) is 4.86. The van der Waals surface area contributed by atoms with Crippen LogP contribution in [0, 0.1) is 0 Å². The fourth-order valence-corrected chi connectivity index (χ4v) is 1.67. The number of rotatable bonds is 4. The Bertz CT molecular complexity index is 230. The standard InChI is InChI=1S/C9H16N2O3/c1-2-11-6-8(12)10-5-7(11)3-4-9(13)14/h7H,2-6H2,1H3,(H,10,12)(H,13,14). The summed E-state index contributed by atoms with van der Waals surface area (Å²) in [5, 5.41) is 11.3. The Kier molecular flexibility index (Phi) is 3.88. The molecule has 0 aromatic heterocycles. The van der Waals surface area contributed by atoms with Crippen molar-refractivity contribution in [1.82, 2.24) is 10.2 Å². The van der Waals surface area contributed by atoms with E-state index in [4.69, 9.17) is 5.11 Å². The van der Waals surface area contributed by atoms with Crippen LogP contribution in [0.2, 0.25) is 0 Å². The van der Waals surface area contributed by atoms with Crippen molar-refractivity contribution in [1.29, 1.82) is 0 Å². The summed E-state index contributed by atoms with van der Waals surface area (Å²) in [6, 6.07) is 0.175. The van der Waals surface area contributed by atoms with E-state index in [1.165, 1.54) is 0 Å². The van der Waals surface area contributed by atoms with Crippen molar-refractivity contribution in [3.8, 4) is 0 Å². The molecule has 0 aliphatic carbocycles. The van der Waals surface area contributed by atoms with Crippen LogP contribution in [0.1, 0.15) is 19.8 Å². The summed E-state index contributed by atoms with van der Waals surface area (Å²) in [6.07, 6.45) is 0.764. The maximum Gasteiger partial charge on any atom is 0.303 e. The van der Waals surface area contributed by atoms with Crippen LogP contribution < -0.4 is 5.32 Å². The minimum Gasteiger partial charge on any atom is -0.481 e. The van der Waals surface area contributed by atoms with E-state index in [0.717, 1.165) is 6.54 Å². The summed E-state index contributed by atoms with van der Waals surface area (Å²) in [6.45, 7) is 3.73. The van der Waals surface area contributed by atoms with E-state index in [1.807, 2.05) is 11.8 Å². The lowest BCUT2D eigenvalue weighted by molar-refractivity contribution is -0.137. The number of nitrogens with zero attached hydrogens (tertiary/aromatic N) is 1. The lowest BCUT2D eigenvalue weighted by atomic mass is 10.1. The number of carboxylic acids is 1. The Balaban J connectivity index is 2.41. The predicted molar refractivity (Wildman–Crippen MR) is 50.9 cm³/mol. The Labute approximate surface area is 83.1 Å². The van der Waals surface area contributed by atoms with Crippen LogP contribution in [0.25, 0.3) is 0 Å². The Morgan fingerprint density at radius 3 is 3.00 bits per heavy atom. The molecule has 0 aromatic rings. The van der Waals surface area contributed by atoms with Gasteiger partial charge >= 0.3 is 5.97 Å². The smallest absolute Gasteiger partial charge is 0.303 e. The van der Waals surface area contributed by atoms with Crippen molar-refractivity contribution in [2.45, 2.75) is 25.8 Å². The van der Waals surface area contributed by atoms with E-state index in [1.54, 1.807) is 0 Å². The first kappa shape index (κ1) is 11.0. The van der Waals surface area contributed by atoms with Gasteiger partial charge < -0.3 is 10.4 Å². The first-order valence-corrected chi connectivity index (χ1v) is 4.86. The van der Waals surface area contributed by atoms with Gasteiger partial charge in [0, 0.05) is 19.0 Å². The zero-order valence-electron chi connectivity index (χ0n) is 8.32. The van der Waals surface area contributed by atoms with Crippen molar-refractivity contribution in [2.24, 2.45) is 0 Å². The fourth-order valence-electron chi connectivity index (χ4n) is 1.67. The summed E-state index contributed by atoms with van der Waals surface area (Å²) < 4.78 is 0. The lowest BCUT2D eigenvalue weighted by Crippen LogP contribution is -2.54. The molecular formula is C9H16N2O3. The SMILES string of the molecule is CCN1CC(=O)NCC1CCC(=O)O. The Morgan fingerprint density at radius 2 is 2.43 bits per heavy atom. The van der Waals surface area contributed by atoms with Gasteiger partial charge in [-0.1, -0.05) is 6.92 Å². The summed E-state index contributed by atoms with van der Waals surface area (Å²) in [7, 11) is 0. The van der Waals surface area contributed by atoms with Crippen LogP contribution in [0.5, 0.6) is 0 Å². The van der Waals surface area contributed by atoms with Gasteiger partial charge in [-0.25, -0.2) is 0 Å². The highest BCUT2D eigenvalue weighted by Crippen LogP contribution is 2.09. The molecule has 1 rings (SSSR count). The second-order valence-corrected chi connectivity index (χ2v) is 3.45. The van der Waals surface area contributed by atoms with E-state index in [0.29, 0.717) is 19.5 Å². The number of carbonyl (C=O) groups is 2. The summed E-state index contributed by atoms with van der Waals surface area (Å²) in [5.74, 6) is -0.753. The molecule has 14 heavy (non-hydrogen) atoms. The molecule has 1 heterocycles. The largest absolute Gasteiger partial charge is 0.481 e. The van der Waals surface area contributed by atoms with E-state index >= 15 is 0 Å². The number of aliphatic carboxylic acids is 1. The molecule has 0 bridgehead atoms. The zero-order chi connectivity index (χ0) is 10.6. The first-order chi connectivity index (χ1) is 6.63. The third kappa shape index (κ3) is 2.99. The highest BCUT2D eigenvalue weighted by Gasteiger charge is 2.25. The number of piperazine rings is 1. The molecule has 1 saturated heterocycles. The molecule has 1 aliphatic rings. The molecule has 0 spiro atoms. The normalized spacial score (nSPS) is 23.2. The number of hydrogen-bond acceptors (Lipinski definition) is 3. The van der Waals surface area contributed by atoms with Gasteiger partial charge in [0.25, 0.3) is 0 Å². The van der Waals surface area contributed by atoms with E-state index in [-0.39, 0.29) is 18.4 Å². The van der Waals surface area contributed by atoms with Crippen molar-refractivity contribution < 1.29 is 14.7 Å². The average molecular weight is 200 g/mol. The van der Waals surface area contributed by atoms with Crippen LogP contribution in [0.3, 0.4) is 0 Å². The lowest BCUT2D eigenvalue weighted by Gasteiger charge is -2.34. The zero-order valence-corrected chi connectivity index (χ0v) is 8.32. The molecule has 2 N–H and O–H groups in total. The maximum atomic E-state index is 11.0. The number of amides is 1. The van der Waals surface area contributed by atoms with Crippen LogP contribution in [0.4, 0.5) is 0 Å². The molecule has 0 saturated carbocycles. The van der Waals surface area contributed by atoms with Gasteiger partial charge in [-0.15, -0.1) is 0 Å². The number of likely N-dealkylation sites (N-methyl/N-ethyl adjacent to an activating group) is 1. The van der Waals surface area contributed by atoms with Gasteiger partial charge in [0.1, 0.15) is 0 Å². The number of hydrogen-bond donors (Lipinski definition) is 2. The van der Waals surface area contributed by atoms with Crippen molar-refractivity contribution in [3.63, 3.8) is 0 Å². The topological polar surface area (TPSA) is 69.6 Å². The highest BCUT2D eigenvalue weighted by molar-refractivity contribution is 5.78. The van der Waals surface area contributed by atoms with Gasteiger partial charge in [-0.2, -0.15) is 0 Å². The van der Waals surface area contributed by atoms with E-state index < -0.39 is 5.97 Å². The molecule has 1 aliphatic heterocycles. The van der Waals surface area contributed by atoms with Crippen LogP contribution in [0.15, 0.2) is 0 Å². The van der Waals surface area contributed by atoms with Crippen molar-refractivity contribution in [2.75, 3.05) is 19.6 Å². The van der Waals surface area contributed by atoms with Crippen LogP contribution in [-0.4, -0.2) is 47.6 Å². The third-order valence-electron chi connectivity index (χ3n) is 2.50. The molecule has 0 radical (unpaired) electrons. The van der Waals surface area contributed by atoms with Crippen molar-refractivity contribution >= 4 is 11.9 Å². The molecule has 5 nitrogen and oxygen atoms in total. The molecular weight excluding hydrogens is 184 g/mol. The minimum atomic E-state index is -0.780. The van der Waals surface area contributed by atoms with Gasteiger partial charge in [0.05, 0.1) is 6.54 Å². The van der Waals surface area contributed by atoms with Gasteiger partial charge in [-0.05, 0) is 13.0 Å². The molecule has 0 aromatic carbocycles. The quantitative estimate of drug-likeness (QED) is 0.652. The molecule has 1 amide bonds. The fraction of sp³-hybridized carbons (Fsp3) is 0.778. The number of carboxylic acid groups (broad SMARTS) is 1. The predicted octanol–water partition coefficient (Wildman–Crippen LogP) is -0.328. The van der Waals surface area contributed by atoms with Crippen molar-refractivity contribution in [3.05, 3.63) is 0 Å². The molecule has 5 heteroatoms. The van der Waals surface area contributed by atoms with Crippen LogP contribution in [-0.2, 0) is 9.59 Å². The summed E-state index contributed by atoms with van der Waals surface area (Å²) in [5.41, 5.74) is 0. The monoisotopic (exact) mass is 200 g/mol. The van der Waals surface area contributed by atoms with Gasteiger partial charge in [-0.3, -0.25) is 14.5 Å². The van der Waals surface area contributed by atoms with Gasteiger partial charge in [0.2, 0.25) is 5.91 Å². The Morgan fingerprint density at radius 1 is 1.71 bits per heavy atom. The molecule has 80 valence electrons. The molecule has 1 fully saturated rings. The third-order valence-corrected chi connectivity index (χ3v) is 2.50. The summed E-state index contributed by atoms with van der Waals surface area (Å²) >= 11 is 0. The molecule has 1 atom stereocenters. The second kappa shape index (κ2) is 4.95. The average Bonchev–Trinajstić information content (AvgIpc) is 2.15. The number of carbonyl (C=O) groups excluding carboxylic acids is 1. The van der Waals surface area contributed by atoms with E-state index in [9.17, 15) is 9.59 Å². The minimum absolute atomic E-state index is 0.0263. The number of nitrogens with one attached hydrogen (secondary N) is 1. The second-order valence-electron chi connectivity index (χ2n) is 3.45. The molecule has 1 unspecified atom stereocenters.